The number of fused-ring (bicyclic) bond motifs is 1. The topological polar surface area (TPSA) is 61.0 Å². The van der Waals surface area contributed by atoms with Crippen molar-refractivity contribution in [3.63, 3.8) is 0 Å². The highest BCUT2D eigenvalue weighted by Gasteiger charge is 2.20. The van der Waals surface area contributed by atoms with E-state index in [4.69, 9.17) is 32.5 Å². The zero-order valence-corrected chi connectivity index (χ0v) is 15.0. The van der Waals surface area contributed by atoms with Crippen molar-refractivity contribution in [3.8, 4) is 17.1 Å². The van der Waals surface area contributed by atoms with Gasteiger partial charge in [-0.3, -0.25) is 0 Å². The molecule has 0 aliphatic rings. The molecule has 0 radical (unpaired) electrons. The van der Waals surface area contributed by atoms with E-state index in [1.807, 2.05) is 0 Å². The van der Waals surface area contributed by atoms with Crippen molar-refractivity contribution >= 4 is 34.3 Å². The second kappa shape index (κ2) is 7.36. The summed E-state index contributed by atoms with van der Waals surface area (Å²) in [6.45, 7) is 4.53. The molecule has 0 N–H and O–H groups in total. The molecule has 3 aromatic rings. The predicted octanol–water partition coefficient (Wildman–Crippen LogP) is 5.47. The van der Waals surface area contributed by atoms with E-state index in [9.17, 15) is 0 Å². The Morgan fingerprint density at radius 1 is 1.17 bits per heavy atom. The first-order valence-electron chi connectivity index (χ1n) is 7.82. The Labute approximate surface area is 149 Å². The van der Waals surface area contributed by atoms with Crippen molar-refractivity contribution in [1.82, 2.24) is 15.1 Å². The van der Waals surface area contributed by atoms with Crippen molar-refractivity contribution in [2.24, 2.45) is 0 Å². The molecule has 0 bridgehead atoms. The van der Waals surface area contributed by atoms with Crippen LogP contribution in [0.1, 0.15) is 32.0 Å². The van der Waals surface area contributed by atoms with Crippen LogP contribution in [0.15, 0.2) is 22.7 Å². The number of aryl methyl sites for hydroxylation is 1. The molecule has 3 rings (SSSR count). The molecule has 5 nitrogen and oxygen atoms in total. The van der Waals surface area contributed by atoms with E-state index >= 15 is 0 Å². The van der Waals surface area contributed by atoms with Crippen LogP contribution in [0.2, 0.25) is 10.0 Å². The minimum absolute atomic E-state index is 0.414. The Bertz CT molecular complexity index is 864. The zero-order chi connectivity index (χ0) is 17.1. The van der Waals surface area contributed by atoms with E-state index < -0.39 is 0 Å². The van der Waals surface area contributed by atoms with Crippen LogP contribution in [0.5, 0.6) is 5.88 Å². The standard InChI is InChI=1S/C17H17Cl2N3O2/c1-3-4-5-8-23-17-16-15(20-10(2)21-17)14(22-24-16)12-7-6-11(18)9-13(12)19/h6-7,9H,3-5,8H2,1-2H3. The van der Waals surface area contributed by atoms with E-state index in [0.717, 1.165) is 19.3 Å². The molecule has 7 heteroatoms. The Balaban J connectivity index is 2.01. The van der Waals surface area contributed by atoms with Gasteiger partial charge in [-0.05, 0) is 31.5 Å². The van der Waals surface area contributed by atoms with Gasteiger partial charge >= 0.3 is 0 Å². The van der Waals surface area contributed by atoms with Gasteiger partial charge in [-0.15, -0.1) is 0 Å². The third-order valence-corrected chi connectivity index (χ3v) is 4.12. The lowest BCUT2D eigenvalue weighted by molar-refractivity contribution is 0.290. The molecule has 2 heterocycles. The van der Waals surface area contributed by atoms with E-state index in [-0.39, 0.29) is 0 Å². The highest BCUT2D eigenvalue weighted by atomic mass is 35.5. The molecule has 0 unspecified atom stereocenters. The van der Waals surface area contributed by atoms with Crippen LogP contribution in [-0.4, -0.2) is 21.7 Å². The maximum absolute atomic E-state index is 6.28. The summed E-state index contributed by atoms with van der Waals surface area (Å²) < 4.78 is 11.2. The lowest BCUT2D eigenvalue weighted by Gasteiger charge is -2.05. The smallest absolute Gasteiger partial charge is 0.264 e. The number of aromatic nitrogens is 3. The molecule has 0 atom stereocenters. The first-order chi connectivity index (χ1) is 11.6. The van der Waals surface area contributed by atoms with E-state index in [0.29, 0.717) is 50.7 Å². The zero-order valence-electron chi connectivity index (χ0n) is 13.5. The van der Waals surface area contributed by atoms with Crippen molar-refractivity contribution < 1.29 is 9.26 Å². The first kappa shape index (κ1) is 17.0. The van der Waals surface area contributed by atoms with Gasteiger partial charge in [0.1, 0.15) is 17.0 Å². The average molecular weight is 366 g/mol. The first-order valence-corrected chi connectivity index (χ1v) is 8.58. The summed E-state index contributed by atoms with van der Waals surface area (Å²) in [5.41, 5.74) is 2.26. The third kappa shape index (κ3) is 3.47. The minimum atomic E-state index is 0.414. The summed E-state index contributed by atoms with van der Waals surface area (Å²) in [7, 11) is 0. The second-order valence-corrected chi connectivity index (χ2v) is 6.31. The molecule has 0 spiro atoms. The van der Waals surface area contributed by atoms with Crippen LogP contribution in [-0.2, 0) is 0 Å². The monoisotopic (exact) mass is 365 g/mol. The number of hydrogen-bond acceptors (Lipinski definition) is 5. The van der Waals surface area contributed by atoms with Gasteiger partial charge in [0.05, 0.1) is 11.6 Å². The second-order valence-electron chi connectivity index (χ2n) is 5.46. The fourth-order valence-corrected chi connectivity index (χ4v) is 2.89. The molecule has 126 valence electrons. The molecule has 0 aliphatic carbocycles. The lowest BCUT2D eigenvalue weighted by Crippen LogP contribution is -2.01. The Morgan fingerprint density at radius 3 is 2.75 bits per heavy atom. The molecule has 2 aromatic heterocycles. The normalized spacial score (nSPS) is 11.2. The van der Waals surface area contributed by atoms with Crippen molar-refractivity contribution in [2.45, 2.75) is 33.1 Å². The van der Waals surface area contributed by atoms with Gasteiger partial charge in [-0.1, -0.05) is 48.1 Å². The number of ether oxygens (including phenoxy) is 1. The fourth-order valence-electron chi connectivity index (χ4n) is 2.39. The van der Waals surface area contributed by atoms with Crippen molar-refractivity contribution in [2.75, 3.05) is 6.61 Å². The predicted molar refractivity (Wildman–Crippen MR) is 94.8 cm³/mol. The SMILES string of the molecule is CCCCCOc1nc(C)nc2c(-c3ccc(Cl)cc3Cl)noc12. The molecule has 0 amide bonds. The molecule has 0 fully saturated rings. The maximum Gasteiger partial charge on any atom is 0.264 e. The van der Waals surface area contributed by atoms with Crippen LogP contribution >= 0.6 is 23.2 Å². The van der Waals surface area contributed by atoms with Gasteiger partial charge in [0, 0.05) is 10.6 Å². The van der Waals surface area contributed by atoms with Gasteiger partial charge in [-0.2, -0.15) is 4.98 Å². The van der Waals surface area contributed by atoms with Crippen LogP contribution in [0.25, 0.3) is 22.4 Å². The summed E-state index contributed by atoms with van der Waals surface area (Å²) in [4.78, 5) is 8.76. The van der Waals surface area contributed by atoms with Gasteiger partial charge in [0.25, 0.3) is 5.88 Å². The number of hydrogen-bond donors (Lipinski definition) is 0. The Morgan fingerprint density at radius 2 is 2.00 bits per heavy atom. The summed E-state index contributed by atoms with van der Waals surface area (Å²) in [5.74, 6) is 1.000. The summed E-state index contributed by atoms with van der Waals surface area (Å²) in [6.07, 6.45) is 3.20. The molecular weight excluding hydrogens is 349 g/mol. The number of benzene rings is 1. The number of rotatable bonds is 6. The van der Waals surface area contributed by atoms with Crippen LogP contribution in [0, 0.1) is 6.92 Å². The Kier molecular flexibility index (Phi) is 5.21. The average Bonchev–Trinajstić information content (AvgIpc) is 2.95. The molecule has 0 saturated heterocycles. The van der Waals surface area contributed by atoms with Crippen LogP contribution in [0.3, 0.4) is 0 Å². The number of halogens is 2. The summed E-state index contributed by atoms with van der Waals surface area (Å²) >= 11 is 12.2. The van der Waals surface area contributed by atoms with Gasteiger partial charge in [0.15, 0.2) is 0 Å². The van der Waals surface area contributed by atoms with Crippen molar-refractivity contribution in [3.05, 3.63) is 34.1 Å². The largest absolute Gasteiger partial charge is 0.475 e. The lowest BCUT2D eigenvalue weighted by atomic mass is 10.1. The van der Waals surface area contributed by atoms with Gasteiger partial charge < -0.3 is 9.26 Å². The highest BCUT2D eigenvalue weighted by molar-refractivity contribution is 6.36. The summed E-state index contributed by atoms with van der Waals surface area (Å²) in [6, 6.07) is 5.20. The molecular formula is C17H17Cl2N3O2. The molecule has 0 aliphatic heterocycles. The number of nitrogens with zero attached hydrogens (tertiary/aromatic N) is 3. The van der Waals surface area contributed by atoms with E-state index in [1.165, 1.54) is 0 Å². The van der Waals surface area contributed by atoms with Crippen molar-refractivity contribution in [1.29, 1.82) is 0 Å². The van der Waals surface area contributed by atoms with Crippen LogP contribution in [0.4, 0.5) is 0 Å². The molecule has 1 aromatic carbocycles. The number of unbranched alkanes of at least 4 members (excludes halogenated alkanes) is 2. The minimum Gasteiger partial charge on any atom is -0.475 e. The molecule has 24 heavy (non-hydrogen) atoms. The molecule has 0 saturated carbocycles. The quantitative estimate of drug-likeness (QED) is 0.542. The summed E-state index contributed by atoms with van der Waals surface area (Å²) in [5, 5.41) is 5.16. The van der Waals surface area contributed by atoms with Gasteiger partial charge in [0.2, 0.25) is 5.58 Å². The van der Waals surface area contributed by atoms with E-state index in [1.54, 1.807) is 25.1 Å². The van der Waals surface area contributed by atoms with Crippen LogP contribution < -0.4 is 4.74 Å². The van der Waals surface area contributed by atoms with E-state index in [2.05, 4.69) is 22.0 Å². The Hall–Kier alpha value is -1.85. The third-order valence-electron chi connectivity index (χ3n) is 3.57. The maximum atomic E-state index is 6.28. The van der Waals surface area contributed by atoms with Gasteiger partial charge in [-0.25, -0.2) is 4.98 Å². The fraction of sp³-hybridized carbons (Fsp3) is 0.353. The highest BCUT2D eigenvalue weighted by Crippen LogP contribution is 2.35.